The van der Waals surface area contributed by atoms with Gasteiger partial charge in [0.15, 0.2) is 0 Å². The second-order valence-corrected chi connectivity index (χ2v) is 7.90. The molecule has 0 saturated carbocycles. The van der Waals surface area contributed by atoms with Crippen molar-refractivity contribution in [2.45, 2.75) is 53.6 Å². The van der Waals surface area contributed by atoms with E-state index in [1.54, 1.807) is 0 Å². The highest BCUT2D eigenvalue weighted by Crippen LogP contribution is 2.18. The molecule has 0 aliphatic carbocycles. The molecule has 1 aliphatic heterocycles. The van der Waals surface area contributed by atoms with Gasteiger partial charge in [-0.25, -0.2) is 4.98 Å². The van der Waals surface area contributed by atoms with E-state index < -0.39 is 0 Å². The molecule has 3 rings (SSSR count). The highest BCUT2D eigenvalue weighted by atomic mass is 16.4. The molecule has 1 aromatic carbocycles. The highest BCUT2D eigenvalue weighted by molar-refractivity contribution is 5.95. The van der Waals surface area contributed by atoms with Crippen molar-refractivity contribution in [1.82, 2.24) is 14.8 Å². The second-order valence-electron chi connectivity index (χ2n) is 7.90. The van der Waals surface area contributed by atoms with Gasteiger partial charge in [0.2, 0.25) is 11.8 Å². The molecule has 1 fully saturated rings. The van der Waals surface area contributed by atoms with Crippen LogP contribution in [-0.2, 0) is 11.3 Å². The number of hydrogen-bond donors (Lipinski definition) is 1. The topological polar surface area (TPSA) is 61.6 Å². The normalized spacial score (nSPS) is 17.3. The van der Waals surface area contributed by atoms with E-state index in [-0.39, 0.29) is 11.9 Å². The van der Waals surface area contributed by atoms with Gasteiger partial charge in [0.1, 0.15) is 5.76 Å². The number of aryl methyl sites for hydroxylation is 4. The van der Waals surface area contributed by atoms with E-state index >= 15 is 0 Å². The van der Waals surface area contributed by atoms with Crippen LogP contribution in [0.15, 0.2) is 22.6 Å². The largest absolute Gasteiger partial charge is 0.444 e. The van der Waals surface area contributed by atoms with E-state index in [9.17, 15) is 4.79 Å². The van der Waals surface area contributed by atoms with Crippen LogP contribution in [0.2, 0.25) is 0 Å². The first-order valence-corrected chi connectivity index (χ1v) is 10.1. The lowest BCUT2D eigenvalue weighted by Gasteiger charge is -2.27. The maximum atomic E-state index is 12.8. The van der Waals surface area contributed by atoms with E-state index in [1.165, 1.54) is 5.56 Å². The van der Waals surface area contributed by atoms with Crippen molar-refractivity contribution in [2.75, 3.05) is 31.5 Å². The lowest BCUT2D eigenvalue weighted by atomic mass is 10.1. The number of nitrogens with zero attached hydrogens (tertiary/aromatic N) is 3. The Morgan fingerprint density at radius 1 is 1.18 bits per heavy atom. The van der Waals surface area contributed by atoms with Gasteiger partial charge in [-0.15, -0.1) is 0 Å². The fourth-order valence-corrected chi connectivity index (χ4v) is 3.69. The quantitative estimate of drug-likeness (QED) is 0.856. The summed E-state index contributed by atoms with van der Waals surface area (Å²) in [6.45, 7) is 14.4. The molecule has 6 nitrogen and oxygen atoms in total. The number of hydrogen-bond acceptors (Lipinski definition) is 5. The van der Waals surface area contributed by atoms with Gasteiger partial charge < -0.3 is 9.73 Å². The Bertz CT molecular complexity index is 810. The molecule has 1 amide bonds. The van der Waals surface area contributed by atoms with Crippen LogP contribution in [0.1, 0.15) is 41.8 Å². The zero-order valence-electron chi connectivity index (χ0n) is 17.7. The number of anilines is 1. The minimum atomic E-state index is -0.160. The van der Waals surface area contributed by atoms with E-state index in [0.29, 0.717) is 0 Å². The van der Waals surface area contributed by atoms with Gasteiger partial charge in [0, 0.05) is 25.3 Å². The number of benzene rings is 1. The molecule has 152 valence electrons. The average molecular weight is 385 g/mol. The summed E-state index contributed by atoms with van der Waals surface area (Å²) in [7, 11) is 0. The van der Waals surface area contributed by atoms with E-state index in [0.717, 1.165) is 67.7 Å². The fourth-order valence-electron chi connectivity index (χ4n) is 3.69. The van der Waals surface area contributed by atoms with Crippen molar-refractivity contribution in [3.8, 4) is 0 Å². The molecule has 1 saturated heterocycles. The molecule has 2 aromatic rings. The number of aromatic nitrogens is 1. The first-order valence-electron chi connectivity index (χ1n) is 10.1. The van der Waals surface area contributed by atoms with Crippen molar-refractivity contribution in [1.29, 1.82) is 0 Å². The molecule has 1 aliphatic rings. The third-order valence-corrected chi connectivity index (χ3v) is 5.62. The van der Waals surface area contributed by atoms with Crippen LogP contribution >= 0.6 is 0 Å². The van der Waals surface area contributed by atoms with Gasteiger partial charge in [-0.1, -0.05) is 17.7 Å². The van der Waals surface area contributed by atoms with Crippen molar-refractivity contribution in [2.24, 2.45) is 0 Å². The number of amides is 1. The van der Waals surface area contributed by atoms with Gasteiger partial charge >= 0.3 is 0 Å². The molecule has 0 spiro atoms. The minimum absolute atomic E-state index is 0.0550. The lowest BCUT2D eigenvalue weighted by Crippen LogP contribution is -2.44. The smallest absolute Gasteiger partial charge is 0.241 e. The summed E-state index contributed by atoms with van der Waals surface area (Å²) < 4.78 is 5.73. The number of nitrogens with one attached hydrogen (secondary N) is 1. The van der Waals surface area contributed by atoms with Crippen molar-refractivity contribution >= 4 is 11.6 Å². The molecule has 1 atom stereocenters. The van der Waals surface area contributed by atoms with Crippen LogP contribution in [0.3, 0.4) is 0 Å². The van der Waals surface area contributed by atoms with Crippen molar-refractivity contribution < 1.29 is 9.21 Å². The molecule has 0 bridgehead atoms. The van der Waals surface area contributed by atoms with Crippen LogP contribution in [0, 0.1) is 27.7 Å². The summed E-state index contributed by atoms with van der Waals surface area (Å²) in [6.07, 6.45) is 1.03. The Hall–Kier alpha value is -2.18. The Morgan fingerprint density at radius 3 is 2.64 bits per heavy atom. The number of oxazole rings is 1. The van der Waals surface area contributed by atoms with Gasteiger partial charge in [-0.2, -0.15) is 0 Å². The first kappa shape index (κ1) is 20.6. The van der Waals surface area contributed by atoms with Crippen molar-refractivity contribution in [3.63, 3.8) is 0 Å². The summed E-state index contributed by atoms with van der Waals surface area (Å²) >= 11 is 0. The number of carbonyl (C=O) groups excluding carboxylic acids is 1. The maximum absolute atomic E-state index is 12.8. The molecule has 2 heterocycles. The Kier molecular flexibility index (Phi) is 6.52. The summed E-state index contributed by atoms with van der Waals surface area (Å²) in [4.78, 5) is 21.9. The van der Waals surface area contributed by atoms with Crippen molar-refractivity contribution in [3.05, 3.63) is 46.7 Å². The Labute approximate surface area is 167 Å². The summed E-state index contributed by atoms with van der Waals surface area (Å²) in [5, 5.41) is 3.10. The van der Waals surface area contributed by atoms with Gasteiger partial charge in [0.25, 0.3) is 0 Å². The predicted molar refractivity (Wildman–Crippen MR) is 111 cm³/mol. The molecule has 0 radical (unpaired) electrons. The lowest BCUT2D eigenvalue weighted by molar-refractivity contribution is -0.120. The van der Waals surface area contributed by atoms with Gasteiger partial charge in [-0.05, 0) is 59.2 Å². The highest BCUT2D eigenvalue weighted by Gasteiger charge is 2.25. The number of rotatable bonds is 5. The zero-order valence-corrected chi connectivity index (χ0v) is 17.7. The standard InChI is InChI=1S/C22H32N4O2/c1-15-7-8-20(16(2)13-15)24-22(27)18(4)26-10-6-9-25(11-12-26)14-21-23-17(3)19(5)28-21/h7-8,13,18H,6,9-12,14H2,1-5H3,(H,24,27). The summed E-state index contributed by atoms with van der Waals surface area (Å²) in [5.41, 5.74) is 4.16. The predicted octanol–water partition coefficient (Wildman–Crippen LogP) is 3.44. The molecule has 1 aromatic heterocycles. The van der Waals surface area contributed by atoms with Crippen LogP contribution in [0.25, 0.3) is 0 Å². The zero-order chi connectivity index (χ0) is 20.3. The fraction of sp³-hybridized carbons (Fsp3) is 0.545. The Balaban J connectivity index is 1.55. The molecule has 1 N–H and O–H groups in total. The molecule has 1 unspecified atom stereocenters. The van der Waals surface area contributed by atoms with Gasteiger partial charge in [-0.3, -0.25) is 14.6 Å². The molecule has 6 heteroatoms. The third kappa shape index (κ3) is 5.00. The SMILES string of the molecule is Cc1ccc(NC(=O)C(C)N2CCCN(Cc3nc(C)c(C)o3)CC2)c(C)c1. The van der Waals surface area contributed by atoms with E-state index in [2.05, 4.69) is 33.1 Å². The third-order valence-electron chi connectivity index (χ3n) is 5.62. The monoisotopic (exact) mass is 384 g/mol. The average Bonchev–Trinajstić information content (AvgIpc) is 2.83. The van der Waals surface area contributed by atoms with Crippen LogP contribution in [0.5, 0.6) is 0 Å². The van der Waals surface area contributed by atoms with Crippen LogP contribution in [0.4, 0.5) is 5.69 Å². The second kappa shape index (κ2) is 8.88. The molecular weight excluding hydrogens is 352 g/mol. The van der Waals surface area contributed by atoms with E-state index in [4.69, 9.17) is 4.42 Å². The maximum Gasteiger partial charge on any atom is 0.241 e. The minimum Gasteiger partial charge on any atom is -0.444 e. The molecule has 28 heavy (non-hydrogen) atoms. The number of carbonyl (C=O) groups is 1. The Morgan fingerprint density at radius 2 is 1.96 bits per heavy atom. The summed E-state index contributed by atoms with van der Waals surface area (Å²) in [6, 6.07) is 5.95. The molecular formula is C22H32N4O2. The van der Waals surface area contributed by atoms with E-state index in [1.807, 2.05) is 39.8 Å². The first-order chi connectivity index (χ1) is 13.3. The van der Waals surface area contributed by atoms with Crippen LogP contribution < -0.4 is 5.32 Å². The van der Waals surface area contributed by atoms with Gasteiger partial charge in [0.05, 0.1) is 18.3 Å². The summed E-state index contributed by atoms with van der Waals surface area (Å²) in [5.74, 6) is 1.73. The van der Waals surface area contributed by atoms with Crippen LogP contribution in [-0.4, -0.2) is 52.9 Å².